The number of nitrogens with zero attached hydrogens (tertiary/aromatic N) is 2. The Kier molecular flexibility index (Phi) is 7.25. The van der Waals surface area contributed by atoms with E-state index in [4.69, 9.17) is 4.74 Å². The van der Waals surface area contributed by atoms with Crippen molar-refractivity contribution in [3.8, 4) is 0 Å². The molecule has 0 saturated heterocycles. The van der Waals surface area contributed by atoms with Crippen LogP contribution in [-0.2, 0) is 28.4 Å². The summed E-state index contributed by atoms with van der Waals surface area (Å²) in [5.74, 6) is -0.168. The lowest BCUT2D eigenvalue weighted by Gasteiger charge is -2.38. The van der Waals surface area contributed by atoms with Gasteiger partial charge in [-0.3, -0.25) is 4.99 Å². The van der Waals surface area contributed by atoms with Crippen molar-refractivity contribution in [3.05, 3.63) is 82.1 Å². The zero-order valence-electron chi connectivity index (χ0n) is 20.1. The molecule has 1 unspecified atom stereocenters. The molecule has 1 N–H and O–H groups in total. The molecule has 2 aromatic carbocycles. The van der Waals surface area contributed by atoms with Crippen molar-refractivity contribution < 1.29 is 35.9 Å². The van der Waals surface area contributed by atoms with Crippen LogP contribution >= 0.6 is 0 Å². The van der Waals surface area contributed by atoms with Gasteiger partial charge in [-0.25, -0.2) is 4.79 Å². The summed E-state index contributed by atoms with van der Waals surface area (Å²) in [5.41, 5.74) is -0.969. The Morgan fingerprint density at radius 1 is 1.03 bits per heavy atom. The van der Waals surface area contributed by atoms with Crippen LogP contribution in [0.1, 0.15) is 48.1 Å². The van der Waals surface area contributed by atoms with Crippen LogP contribution in [0.5, 0.6) is 0 Å². The highest BCUT2D eigenvalue weighted by Crippen LogP contribution is 2.37. The van der Waals surface area contributed by atoms with Gasteiger partial charge in [-0.15, -0.1) is 0 Å². The largest absolute Gasteiger partial charge is 0.466 e. The van der Waals surface area contributed by atoms with Gasteiger partial charge in [-0.1, -0.05) is 30.3 Å². The average molecular weight is 525 g/mol. The molecule has 0 amide bonds. The molecule has 2 aliphatic rings. The number of ether oxygens (including phenoxy) is 1. The molecule has 1 saturated carbocycles. The first-order valence-corrected chi connectivity index (χ1v) is 11.6. The van der Waals surface area contributed by atoms with Crippen molar-refractivity contribution in [2.24, 2.45) is 10.9 Å². The summed E-state index contributed by atoms with van der Waals surface area (Å²) < 4.78 is 85.3. The van der Waals surface area contributed by atoms with Gasteiger partial charge in [-0.05, 0) is 55.0 Å². The summed E-state index contributed by atoms with van der Waals surface area (Å²) in [6.45, 7) is 1.76. The zero-order chi connectivity index (χ0) is 27.0. The fourth-order valence-electron chi connectivity index (χ4n) is 4.23. The Morgan fingerprint density at radius 3 is 2.24 bits per heavy atom. The number of nitrogens with one attached hydrogen (secondary N) is 1. The Bertz CT molecular complexity index is 1210. The van der Waals surface area contributed by atoms with E-state index in [1.807, 2.05) is 0 Å². The maximum absolute atomic E-state index is 13.7. The molecule has 37 heavy (non-hydrogen) atoms. The first-order chi connectivity index (χ1) is 17.4. The Labute approximate surface area is 209 Å². The smallest absolute Gasteiger partial charge is 0.416 e. The van der Waals surface area contributed by atoms with Crippen molar-refractivity contribution in [2.45, 2.75) is 44.7 Å². The molecule has 1 heterocycles. The molecular weight excluding hydrogens is 500 g/mol. The quantitative estimate of drug-likeness (QED) is 0.367. The number of rotatable bonds is 6. The van der Waals surface area contributed by atoms with Gasteiger partial charge in [0.2, 0.25) is 0 Å². The molecule has 5 nitrogen and oxygen atoms in total. The number of hydrogen-bond donors (Lipinski definition) is 1. The summed E-state index contributed by atoms with van der Waals surface area (Å²) in [7, 11) is 1.16. The molecule has 1 aliphatic carbocycles. The SMILES string of the molecule is COC(=O)C1=C(C)N(Cc2ccccc2C(F)(F)F)C(=NCC2CC2)NC1c1ccc(C(F)(F)F)cc1. The zero-order valence-corrected chi connectivity index (χ0v) is 20.1. The monoisotopic (exact) mass is 525 g/mol. The summed E-state index contributed by atoms with van der Waals surface area (Å²) in [6, 6.07) is 8.55. The number of hydrogen-bond acceptors (Lipinski definition) is 3. The van der Waals surface area contributed by atoms with Crippen LogP contribution in [0.3, 0.4) is 0 Å². The Hall–Kier alpha value is -3.50. The van der Waals surface area contributed by atoms with Crippen LogP contribution in [0.15, 0.2) is 64.8 Å². The average Bonchev–Trinajstić information content (AvgIpc) is 3.67. The second-order valence-electron chi connectivity index (χ2n) is 9.04. The second kappa shape index (κ2) is 10.1. The van der Waals surface area contributed by atoms with Gasteiger partial charge in [0.15, 0.2) is 5.96 Å². The van der Waals surface area contributed by atoms with Crippen molar-refractivity contribution >= 4 is 11.9 Å². The molecule has 11 heteroatoms. The van der Waals surface area contributed by atoms with E-state index in [9.17, 15) is 31.1 Å². The molecule has 1 fully saturated rings. The van der Waals surface area contributed by atoms with Crippen molar-refractivity contribution in [3.63, 3.8) is 0 Å². The van der Waals surface area contributed by atoms with E-state index in [2.05, 4.69) is 10.3 Å². The summed E-state index contributed by atoms with van der Waals surface area (Å²) in [6.07, 6.45) is -7.15. The van der Waals surface area contributed by atoms with Gasteiger partial charge in [0, 0.05) is 12.2 Å². The maximum Gasteiger partial charge on any atom is 0.416 e. The minimum absolute atomic E-state index is 0.0209. The Balaban J connectivity index is 1.80. The lowest BCUT2D eigenvalue weighted by molar-refractivity contribution is -0.139. The van der Waals surface area contributed by atoms with Crippen LogP contribution < -0.4 is 5.32 Å². The van der Waals surface area contributed by atoms with Crippen molar-refractivity contribution in [2.75, 3.05) is 13.7 Å². The lowest BCUT2D eigenvalue weighted by Crippen LogP contribution is -2.49. The molecule has 0 spiro atoms. The molecule has 2 aromatic rings. The topological polar surface area (TPSA) is 53.9 Å². The van der Waals surface area contributed by atoms with E-state index < -0.39 is 35.5 Å². The molecule has 0 radical (unpaired) electrons. The van der Waals surface area contributed by atoms with Crippen LogP contribution in [0, 0.1) is 5.92 Å². The fraction of sp³-hybridized carbons (Fsp3) is 0.385. The molecule has 4 rings (SSSR count). The third-order valence-corrected chi connectivity index (χ3v) is 6.44. The standard InChI is InChI=1S/C26H25F6N3O2/c1-15-21(23(36)37-2)22(17-9-11-19(12-10-17)25(27,28)29)34-24(33-13-16-7-8-16)35(15)14-18-5-3-4-6-20(18)26(30,31)32/h3-6,9-12,16,22H,7-8,13-14H2,1-2H3,(H,33,34). The number of carbonyl (C=O) groups is 1. The van der Waals surface area contributed by atoms with Crippen molar-refractivity contribution in [1.29, 1.82) is 0 Å². The number of allylic oxidation sites excluding steroid dienone is 1. The third-order valence-electron chi connectivity index (χ3n) is 6.44. The summed E-state index contributed by atoms with van der Waals surface area (Å²) >= 11 is 0. The third kappa shape index (κ3) is 5.91. The number of halogens is 6. The van der Waals surface area contributed by atoms with Crippen LogP contribution in [0.25, 0.3) is 0 Å². The number of alkyl halides is 6. The van der Waals surface area contributed by atoms with Gasteiger partial charge >= 0.3 is 18.3 Å². The van der Waals surface area contributed by atoms with Crippen LogP contribution in [-0.4, -0.2) is 30.5 Å². The Morgan fingerprint density at radius 2 is 1.68 bits per heavy atom. The van der Waals surface area contributed by atoms with Crippen LogP contribution in [0.2, 0.25) is 0 Å². The molecule has 0 aromatic heterocycles. The first kappa shape index (κ1) is 26.6. The molecule has 1 aliphatic heterocycles. The van der Waals surface area contributed by atoms with E-state index >= 15 is 0 Å². The van der Waals surface area contributed by atoms with E-state index in [0.29, 0.717) is 23.7 Å². The molecule has 198 valence electrons. The normalized spacial score (nSPS) is 19.7. The highest BCUT2D eigenvalue weighted by atomic mass is 19.4. The minimum atomic E-state index is -4.59. The number of carbonyl (C=O) groups excluding carboxylic acids is 1. The molecular formula is C26H25F6N3O2. The predicted octanol–water partition coefficient (Wildman–Crippen LogP) is 6.08. The van der Waals surface area contributed by atoms with E-state index in [-0.39, 0.29) is 23.6 Å². The number of esters is 1. The van der Waals surface area contributed by atoms with Gasteiger partial charge < -0.3 is 15.0 Å². The second-order valence-corrected chi connectivity index (χ2v) is 9.04. The highest BCUT2D eigenvalue weighted by molar-refractivity contribution is 5.96. The molecule has 1 atom stereocenters. The lowest BCUT2D eigenvalue weighted by atomic mass is 9.93. The number of guanidine groups is 1. The van der Waals surface area contributed by atoms with Gasteiger partial charge in [-0.2, -0.15) is 26.3 Å². The number of aliphatic imine (C=N–C) groups is 1. The number of benzene rings is 2. The van der Waals surface area contributed by atoms with E-state index in [0.717, 1.165) is 38.2 Å². The maximum atomic E-state index is 13.7. The van der Waals surface area contributed by atoms with Crippen LogP contribution in [0.4, 0.5) is 26.3 Å². The highest BCUT2D eigenvalue weighted by Gasteiger charge is 2.39. The summed E-state index contributed by atoms with van der Waals surface area (Å²) in [5, 5.41) is 3.09. The summed E-state index contributed by atoms with van der Waals surface area (Å²) in [4.78, 5) is 18.9. The van der Waals surface area contributed by atoms with E-state index in [1.54, 1.807) is 6.92 Å². The number of methoxy groups -OCH3 is 1. The first-order valence-electron chi connectivity index (χ1n) is 11.6. The molecule has 0 bridgehead atoms. The predicted molar refractivity (Wildman–Crippen MR) is 124 cm³/mol. The minimum Gasteiger partial charge on any atom is -0.466 e. The van der Waals surface area contributed by atoms with Gasteiger partial charge in [0.25, 0.3) is 0 Å². The fourth-order valence-corrected chi connectivity index (χ4v) is 4.23. The van der Waals surface area contributed by atoms with Gasteiger partial charge in [0.1, 0.15) is 0 Å². The van der Waals surface area contributed by atoms with Gasteiger partial charge in [0.05, 0.1) is 36.4 Å². The van der Waals surface area contributed by atoms with Crippen molar-refractivity contribution in [1.82, 2.24) is 10.2 Å². The van der Waals surface area contributed by atoms with E-state index in [1.165, 1.54) is 35.2 Å².